The fraction of sp³-hybridized carbons (Fsp3) is 0.500. The first kappa shape index (κ1) is 13.4. The van der Waals surface area contributed by atoms with Crippen molar-refractivity contribution in [2.24, 2.45) is 0 Å². The van der Waals surface area contributed by atoms with Crippen molar-refractivity contribution in [2.45, 2.75) is 44.2 Å². The zero-order valence-electron chi connectivity index (χ0n) is 12.3. The van der Waals surface area contributed by atoms with Gasteiger partial charge in [-0.3, -0.25) is 9.59 Å². The molecular formula is C16H17NO5. The zero-order chi connectivity index (χ0) is 15.3. The van der Waals surface area contributed by atoms with Gasteiger partial charge < -0.3 is 19.5 Å². The summed E-state index contributed by atoms with van der Waals surface area (Å²) in [5, 5.41) is 3.01. The fourth-order valence-electron chi connectivity index (χ4n) is 3.74. The molecule has 1 saturated carbocycles. The topological polar surface area (TPSA) is 73.9 Å². The molecule has 1 fully saturated rings. The standard InChI is InChI=1S/C16H17NO5/c1-8(18)22-12-4-2-3-9-10-5-13-14(21-7-20-13)6-11(10)16(19)17-15(9)12/h5-6,9,12,15H,2-4,7H2,1H3,(H,17,19)/t9-,12-,15-/m1/s1. The molecule has 0 saturated heterocycles. The summed E-state index contributed by atoms with van der Waals surface area (Å²) in [5.41, 5.74) is 1.60. The van der Waals surface area contributed by atoms with E-state index < -0.39 is 0 Å². The second kappa shape index (κ2) is 4.90. The van der Waals surface area contributed by atoms with Gasteiger partial charge in [0, 0.05) is 18.4 Å². The van der Waals surface area contributed by atoms with Crippen LogP contribution in [-0.2, 0) is 9.53 Å². The Morgan fingerprint density at radius 3 is 2.82 bits per heavy atom. The molecule has 6 nitrogen and oxygen atoms in total. The van der Waals surface area contributed by atoms with Crippen LogP contribution in [0.5, 0.6) is 11.5 Å². The third-order valence-electron chi connectivity index (χ3n) is 4.64. The molecule has 2 aliphatic heterocycles. The van der Waals surface area contributed by atoms with Crippen LogP contribution in [-0.4, -0.2) is 30.8 Å². The molecule has 2 heterocycles. The highest BCUT2D eigenvalue weighted by molar-refractivity contribution is 5.98. The van der Waals surface area contributed by atoms with Crippen molar-refractivity contribution in [2.75, 3.05) is 6.79 Å². The lowest BCUT2D eigenvalue weighted by molar-refractivity contribution is -0.149. The molecule has 1 N–H and O–H groups in total. The van der Waals surface area contributed by atoms with E-state index in [1.54, 1.807) is 6.07 Å². The summed E-state index contributed by atoms with van der Waals surface area (Å²) in [4.78, 5) is 23.7. The third-order valence-corrected chi connectivity index (χ3v) is 4.64. The summed E-state index contributed by atoms with van der Waals surface area (Å²) >= 11 is 0. The Kier molecular flexibility index (Phi) is 2.99. The van der Waals surface area contributed by atoms with Gasteiger partial charge in [-0.25, -0.2) is 0 Å². The van der Waals surface area contributed by atoms with E-state index >= 15 is 0 Å². The minimum Gasteiger partial charge on any atom is -0.460 e. The molecule has 0 spiro atoms. The first-order valence-electron chi connectivity index (χ1n) is 7.55. The van der Waals surface area contributed by atoms with Crippen LogP contribution in [0.2, 0.25) is 0 Å². The molecule has 116 valence electrons. The quantitative estimate of drug-likeness (QED) is 0.800. The molecule has 3 aliphatic rings. The van der Waals surface area contributed by atoms with E-state index in [1.165, 1.54) is 6.92 Å². The number of rotatable bonds is 1. The number of ether oxygens (including phenoxy) is 3. The minimum absolute atomic E-state index is 0.139. The summed E-state index contributed by atoms with van der Waals surface area (Å²) in [6.45, 7) is 1.59. The first-order valence-corrected chi connectivity index (χ1v) is 7.55. The minimum atomic E-state index is -0.309. The number of amides is 1. The van der Waals surface area contributed by atoms with Crippen LogP contribution in [0.4, 0.5) is 0 Å². The molecule has 1 aliphatic carbocycles. The highest BCUT2D eigenvalue weighted by Gasteiger charge is 2.43. The Balaban J connectivity index is 1.73. The van der Waals surface area contributed by atoms with Gasteiger partial charge in [-0.1, -0.05) is 0 Å². The molecule has 6 heteroatoms. The van der Waals surface area contributed by atoms with Crippen LogP contribution in [0, 0.1) is 0 Å². The molecular weight excluding hydrogens is 286 g/mol. The Morgan fingerprint density at radius 2 is 2.05 bits per heavy atom. The Morgan fingerprint density at radius 1 is 1.27 bits per heavy atom. The van der Waals surface area contributed by atoms with Gasteiger partial charge in [0.1, 0.15) is 6.10 Å². The van der Waals surface area contributed by atoms with Crippen LogP contribution in [0.3, 0.4) is 0 Å². The molecule has 0 radical (unpaired) electrons. The molecule has 22 heavy (non-hydrogen) atoms. The van der Waals surface area contributed by atoms with E-state index in [9.17, 15) is 9.59 Å². The highest BCUT2D eigenvalue weighted by Crippen LogP contribution is 2.44. The van der Waals surface area contributed by atoms with Gasteiger partial charge in [0.2, 0.25) is 6.79 Å². The van der Waals surface area contributed by atoms with Crippen molar-refractivity contribution in [1.29, 1.82) is 0 Å². The SMILES string of the molecule is CC(=O)O[C@@H]1CCC[C@@H]2c3cc4c(cc3C(=O)N[C@H]21)OCO4. The van der Waals surface area contributed by atoms with Crippen LogP contribution in [0.15, 0.2) is 12.1 Å². The zero-order valence-corrected chi connectivity index (χ0v) is 12.3. The number of carbonyl (C=O) groups is 2. The summed E-state index contributed by atoms with van der Waals surface area (Å²) in [6.07, 6.45) is 2.43. The van der Waals surface area contributed by atoms with Crippen molar-refractivity contribution in [3.63, 3.8) is 0 Å². The third kappa shape index (κ3) is 2.01. The van der Waals surface area contributed by atoms with Gasteiger partial charge in [0.25, 0.3) is 5.91 Å². The summed E-state index contributed by atoms with van der Waals surface area (Å²) in [6, 6.07) is 3.49. The largest absolute Gasteiger partial charge is 0.460 e. The molecule has 1 aromatic carbocycles. The predicted molar refractivity (Wildman–Crippen MR) is 76.0 cm³/mol. The second-order valence-electron chi connectivity index (χ2n) is 5.98. The molecule has 1 aromatic rings. The van der Waals surface area contributed by atoms with E-state index in [0.29, 0.717) is 17.1 Å². The number of esters is 1. The number of hydrogen-bond donors (Lipinski definition) is 1. The van der Waals surface area contributed by atoms with Gasteiger partial charge in [-0.2, -0.15) is 0 Å². The fourth-order valence-corrected chi connectivity index (χ4v) is 3.74. The number of carbonyl (C=O) groups excluding carboxylic acids is 2. The van der Waals surface area contributed by atoms with Gasteiger partial charge in [-0.15, -0.1) is 0 Å². The van der Waals surface area contributed by atoms with Crippen molar-refractivity contribution in [3.05, 3.63) is 23.3 Å². The second-order valence-corrected chi connectivity index (χ2v) is 5.98. The van der Waals surface area contributed by atoms with E-state index in [-0.39, 0.29) is 36.7 Å². The van der Waals surface area contributed by atoms with Crippen LogP contribution < -0.4 is 14.8 Å². The van der Waals surface area contributed by atoms with E-state index in [4.69, 9.17) is 14.2 Å². The van der Waals surface area contributed by atoms with Crippen molar-refractivity contribution >= 4 is 11.9 Å². The number of fused-ring (bicyclic) bond motifs is 4. The first-order chi connectivity index (χ1) is 10.6. The van der Waals surface area contributed by atoms with Crippen molar-refractivity contribution < 1.29 is 23.8 Å². The number of hydrogen-bond acceptors (Lipinski definition) is 5. The van der Waals surface area contributed by atoms with Gasteiger partial charge >= 0.3 is 5.97 Å². The van der Waals surface area contributed by atoms with Gasteiger partial charge in [0.15, 0.2) is 11.5 Å². The monoisotopic (exact) mass is 303 g/mol. The molecule has 1 amide bonds. The lowest BCUT2D eigenvalue weighted by Crippen LogP contribution is -2.54. The maximum atomic E-state index is 12.4. The summed E-state index contributed by atoms with van der Waals surface area (Å²) < 4.78 is 16.2. The predicted octanol–water partition coefficient (Wildman–Crippen LogP) is 1.73. The molecule has 0 aromatic heterocycles. The summed E-state index contributed by atoms with van der Waals surface area (Å²) in [5.74, 6) is 0.979. The van der Waals surface area contributed by atoms with E-state index in [2.05, 4.69) is 5.32 Å². The molecule has 3 atom stereocenters. The molecule has 4 rings (SSSR count). The van der Waals surface area contributed by atoms with E-state index in [1.807, 2.05) is 6.07 Å². The number of benzene rings is 1. The smallest absolute Gasteiger partial charge is 0.302 e. The molecule has 0 bridgehead atoms. The normalized spacial score (nSPS) is 28.4. The highest BCUT2D eigenvalue weighted by atomic mass is 16.7. The lowest BCUT2D eigenvalue weighted by Gasteiger charge is -2.41. The Bertz CT molecular complexity index is 656. The van der Waals surface area contributed by atoms with Crippen LogP contribution in [0.25, 0.3) is 0 Å². The molecule has 0 unspecified atom stereocenters. The summed E-state index contributed by atoms with van der Waals surface area (Å²) in [7, 11) is 0. The Labute approximate surface area is 127 Å². The average Bonchev–Trinajstić information content (AvgIpc) is 2.93. The van der Waals surface area contributed by atoms with Crippen molar-refractivity contribution in [3.8, 4) is 11.5 Å². The van der Waals surface area contributed by atoms with Gasteiger partial charge in [-0.05, 0) is 37.0 Å². The van der Waals surface area contributed by atoms with Crippen molar-refractivity contribution in [1.82, 2.24) is 5.32 Å². The van der Waals surface area contributed by atoms with Gasteiger partial charge in [0.05, 0.1) is 6.04 Å². The Hall–Kier alpha value is -2.24. The average molecular weight is 303 g/mol. The number of nitrogens with one attached hydrogen (secondary N) is 1. The lowest BCUT2D eigenvalue weighted by atomic mass is 9.74. The maximum Gasteiger partial charge on any atom is 0.302 e. The van der Waals surface area contributed by atoms with Crippen LogP contribution >= 0.6 is 0 Å². The van der Waals surface area contributed by atoms with Crippen LogP contribution in [0.1, 0.15) is 48.0 Å². The van der Waals surface area contributed by atoms with E-state index in [0.717, 1.165) is 24.8 Å². The maximum absolute atomic E-state index is 12.4.